The average molecular weight is 156 g/mol. The number of imidazole rings is 1. The highest BCUT2D eigenvalue weighted by molar-refractivity contribution is 6.12. The van der Waals surface area contributed by atoms with Crippen LogP contribution in [0.25, 0.3) is 5.65 Å². The minimum absolute atomic E-state index is 0.0381. The third kappa shape index (κ3) is 1.02. The first-order valence-corrected chi connectivity index (χ1v) is 3.96. The number of hydrogen-bond acceptors (Lipinski definition) is 1. The van der Waals surface area contributed by atoms with Crippen molar-refractivity contribution >= 4 is 13.5 Å². The van der Waals surface area contributed by atoms with Crippen LogP contribution in [-0.2, 0) is 0 Å². The Morgan fingerprint density at radius 3 is 3.08 bits per heavy atom. The Bertz CT molecular complexity index is 392. The van der Waals surface area contributed by atoms with Gasteiger partial charge in [-0.15, -0.1) is 0 Å². The Kier molecular flexibility index (Phi) is 1.64. The summed E-state index contributed by atoms with van der Waals surface area (Å²) in [5.74, 6) is 0.0381. The van der Waals surface area contributed by atoms with E-state index in [2.05, 4.69) is 4.98 Å². The second-order valence-electron chi connectivity index (χ2n) is 2.91. The standard InChI is InChI=1S/C9H9BN2/c1-7(10)8-3-2-5-12-6-4-11-9(8)12/h2-7H,1H3. The van der Waals surface area contributed by atoms with Gasteiger partial charge in [-0.3, -0.25) is 0 Å². The summed E-state index contributed by atoms with van der Waals surface area (Å²) in [7, 11) is 5.79. The summed E-state index contributed by atoms with van der Waals surface area (Å²) in [5, 5.41) is 0. The van der Waals surface area contributed by atoms with E-state index in [1.54, 1.807) is 6.20 Å². The third-order valence-electron chi connectivity index (χ3n) is 1.94. The van der Waals surface area contributed by atoms with Gasteiger partial charge in [0.1, 0.15) is 5.65 Å². The first kappa shape index (κ1) is 7.41. The van der Waals surface area contributed by atoms with Crippen LogP contribution in [0.1, 0.15) is 18.3 Å². The molecule has 0 bridgehead atoms. The summed E-state index contributed by atoms with van der Waals surface area (Å²) in [6.07, 6.45) is 5.66. The summed E-state index contributed by atoms with van der Waals surface area (Å²) in [4.78, 5) is 4.22. The molecule has 58 valence electrons. The molecule has 0 aliphatic carbocycles. The zero-order valence-corrected chi connectivity index (χ0v) is 6.94. The van der Waals surface area contributed by atoms with Crippen LogP contribution in [0.3, 0.4) is 0 Å². The van der Waals surface area contributed by atoms with E-state index in [4.69, 9.17) is 7.85 Å². The Morgan fingerprint density at radius 1 is 1.50 bits per heavy atom. The molecule has 2 aromatic rings. The van der Waals surface area contributed by atoms with Gasteiger partial charge in [-0.1, -0.05) is 18.8 Å². The fourth-order valence-corrected chi connectivity index (χ4v) is 1.33. The van der Waals surface area contributed by atoms with E-state index < -0.39 is 0 Å². The van der Waals surface area contributed by atoms with Crippen molar-refractivity contribution in [2.24, 2.45) is 0 Å². The molecular weight excluding hydrogens is 147 g/mol. The molecule has 2 radical (unpaired) electrons. The summed E-state index contributed by atoms with van der Waals surface area (Å²) >= 11 is 0. The van der Waals surface area contributed by atoms with Gasteiger partial charge < -0.3 is 4.40 Å². The molecule has 2 aromatic heterocycles. The van der Waals surface area contributed by atoms with Gasteiger partial charge in [-0.05, 0) is 11.6 Å². The number of pyridine rings is 1. The van der Waals surface area contributed by atoms with Crippen molar-refractivity contribution in [1.29, 1.82) is 0 Å². The molecule has 0 fully saturated rings. The molecule has 1 atom stereocenters. The van der Waals surface area contributed by atoms with Crippen molar-refractivity contribution in [3.63, 3.8) is 0 Å². The van der Waals surface area contributed by atoms with E-state index in [1.165, 1.54) is 0 Å². The van der Waals surface area contributed by atoms with Crippen LogP contribution in [0.4, 0.5) is 0 Å². The smallest absolute Gasteiger partial charge is 0.139 e. The molecule has 0 spiro atoms. The molecule has 0 saturated heterocycles. The lowest BCUT2D eigenvalue weighted by atomic mass is 9.83. The minimum Gasteiger partial charge on any atom is -0.307 e. The van der Waals surface area contributed by atoms with Crippen LogP contribution in [0.5, 0.6) is 0 Å². The van der Waals surface area contributed by atoms with Crippen LogP contribution in [0, 0.1) is 0 Å². The predicted octanol–water partition coefficient (Wildman–Crippen LogP) is 1.56. The SMILES string of the molecule is [B]C(C)c1cccn2ccnc12. The number of rotatable bonds is 1. The molecule has 0 saturated carbocycles. The molecule has 1 unspecified atom stereocenters. The Balaban J connectivity index is 2.73. The van der Waals surface area contributed by atoms with Crippen molar-refractivity contribution in [2.45, 2.75) is 12.7 Å². The molecule has 0 amide bonds. The van der Waals surface area contributed by atoms with E-state index in [0.717, 1.165) is 11.2 Å². The molecule has 2 nitrogen and oxygen atoms in total. The van der Waals surface area contributed by atoms with Crippen molar-refractivity contribution in [1.82, 2.24) is 9.38 Å². The van der Waals surface area contributed by atoms with E-state index in [9.17, 15) is 0 Å². The maximum atomic E-state index is 5.79. The van der Waals surface area contributed by atoms with Gasteiger partial charge in [-0.2, -0.15) is 0 Å². The number of nitrogens with zero attached hydrogens (tertiary/aromatic N) is 2. The van der Waals surface area contributed by atoms with Crippen molar-refractivity contribution in [3.8, 4) is 0 Å². The third-order valence-corrected chi connectivity index (χ3v) is 1.94. The maximum Gasteiger partial charge on any atom is 0.139 e. The first-order valence-electron chi connectivity index (χ1n) is 3.96. The molecule has 2 heterocycles. The quantitative estimate of drug-likeness (QED) is 0.572. The average Bonchev–Trinajstić information content (AvgIpc) is 2.49. The highest BCUT2D eigenvalue weighted by Crippen LogP contribution is 2.15. The molecule has 12 heavy (non-hydrogen) atoms. The first-order chi connectivity index (χ1) is 5.79. The van der Waals surface area contributed by atoms with E-state index in [1.807, 2.05) is 35.9 Å². The summed E-state index contributed by atoms with van der Waals surface area (Å²) in [5.41, 5.74) is 2.04. The number of fused-ring (bicyclic) bond motifs is 1. The molecule has 3 heteroatoms. The lowest BCUT2D eigenvalue weighted by Crippen LogP contribution is -1.96. The van der Waals surface area contributed by atoms with Gasteiger partial charge in [0.05, 0.1) is 7.85 Å². The summed E-state index contributed by atoms with van der Waals surface area (Å²) < 4.78 is 1.97. The van der Waals surface area contributed by atoms with E-state index >= 15 is 0 Å². The van der Waals surface area contributed by atoms with Crippen LogP contribution < -0.4 is 0 Å². The van der Waals surface area contributed by atoms with Gasteiger partial charge in [0.2, 0.25) is 0 Å². The van der Waals surface area contributed by atoms with Crippen LogP contribution in [0.2, 0.25) is 0 Å². The molecule has 0 aliphatic heterocycles. The van der Waals surface area contributed by atoms with Crippen LogP contribution >= 0.6 is 0 Å². The van der Waals surface area contributed by atoms with E-state index in [0.29, 0.717) is 0 Å². The largest absolute Gasteiger partial charge is 0.307 e. The van der Waals surface area contributed by atoms with Crippen LogP contribution in [0.15, 0.2) is 30.7 Å². The Hall–Kier alpha value is -1.25. The molecule has 0 aromatic carbocycles. The fourth-order valence-electron chi connectivity index (χ4n) is 1.33. The molecular formula is C9H9BN2. The van der Waals surface area contributed by atoms with Gasteiger partial charge in [0.25, 0.3) is 0 Å². The van der Waals surface area contributed by atoms with Crippen molar-refractivity contribution in [3.05, 3.63) is 36.3 Å². The zero-order chi connectivity index (χ0) is 8.55. The topological polar surface area (TPSA) is 17.3 Å². The number of aromatic nitrogens is 2. The molecule has 0 aliphatic rings. The van der Waals surface area contributed by atoms with Crippen molar-refractivity contribution < 1.29 is 0 Å². The second-order valence-corrected chi connectivity index (χ2v) is 2.91. The van der Waals surface area contributed by atoms with Crippen LogP contribution in [-0.4, -0.2) is 17.2 Å². The number of hydrogen-bond donors (Lipinski definition) is 0. The van der Waals surface area contributed by atoms with Crippen molar-refractivity contribution in [2.75, 3.05) is 0 Å². The predicted molar refractivity (Wildman–Crippen MR) is 49.4 cm³/mol. The molecule has 2 rings (SSSR count). The van der Waals surface area contributed by atoms with Gasteiger partial charge in [0, 0.05) is 18.6 Å². The Morgan fingerprint density at radius 2 is 2.33 bits per heavy atom. The molecule has 0 N–H and O–H groups in total. The lowest BCUT2D eigenvalue weighted by molar-refractivity contribution is 1.05. The monoisotopic (exact) mass is 156 g/mol. The lowest BCUT2D eigenvalue weighted by Gasteiger charge is -2.06. The normalized spacial score (nSPS) is 13.4. The van der Waals surface area contributed by atoms with Gasteiger partial charge in [-0.25, -0.2) is 4.98 Å². The highest BCUT2D eigenvalue weighted by Gasteiger charge is 2.04. The second kappa shape index (κ2) is 2.66. The Labute approximate surface area is 72.7 Å². The summed E-state index contributed by atoms with van der Waals surface area (Å²) in [6, 6.07) is 3.99. The fraction of sp³-hybridized carbons (Fsp3) is 0.222. The highest BCUT2D eigenvalue weighted by atomic mass is 15.0. The summed E-state index contributed by atoms with van der Waals surface area (Å²) in [6.45, 7) is 1.96. The minimum atomic E-state index is 0.0381. The van der Waals surface area contributed by atoms with Gasteiger partial charge >= 0.3 is 0 Å². The zero-order valence-electron chi connectivity index (χ0n) is 6.94. The van der Waals surface area contributed by atoms with Gasteiger partial charge in [0.15, 0.2) is 0 Å². The maximum absolute atomic E-state index is 5.79. The van der Waals surface area contributed by atoms with E-state index in [-0.39, 0.29) is 5.82 Å².